The minimum atomic E-state index is -0.370. The van der Waals surface area contributed by atoms with Crippen LogP contribution in [0.5, 0.6) is 0 Å². The number of nitrogens with zero attached hydrogens (tertiary/aromatic N) is 1. The van der Waals surface area contributed by atoms with E-state index in [2.05, 4.69) is 26.2 Å². The predicted octanol–water partition coefficient (Wildman–Crippen LogP) is 3.45. The van der Waals surface area contributed by atoms with Crippen molar-refractivity contribution in [2.75, 3.05) is 5.32 Å². The largest absolute Gasteiger partial charge is 0.310 e. The Kier molecular flexibility index (Phi) is 4.28. The third kappa shape index (κ3) is 3.66. The van der Waals surface area contributed by atoms with Gasteiger partial charge in [0.1, 0.15) is 11.6 Å². The van der Waals surface area contributed by atoms with Crippen LogP contribution in [0.25, 0.3) is 0 Å². The summed E-state index contributed by atoms with van der Waals surface area (Å²) in [6.45, 7) is 5.54. The van der Waals surface area contributed by atoms with Crippen LogP contribution in [0.1, 0.15) is 45.7 Å². The quantitative estimate of drug-likeness (QED) is 0.894. The summed E-state index contributed by atoms with van der Waals surface area (Å²) >= 11 is 3.48. The van der Waals surface area contributed by atoms with Crippen LogP contribution in [-0.4, -0.2) is 16.7 Å². The number of anilines is 1. The van der Waals surface area contributed by atoms with Gasteiger partial charge in [-0.25, -0.2) is 4.98 Å². The second-order valence-electron chi connectivity index (χ2n) is 6.05. The molecule has 1 aliphatic rings. The molecular formula is C15H19BrN2O2. The van der Waals surface area contributed by atoms with Gasteiger partial charge in [-0.3, -0.25) is 9.59 Å². The SMILES string of the molecule is CC(=O)CC(C)(C)c1nc(NC(=O)C2CC2)ccc1Br. The lowest BCUT2D eigenvalue weighted by molar-refractivity contribution is -0.118. The molecular weight excluding hydrogens is 320 g/mol. The lowest BCUT2D eigenvalue weighted by Gasteiger charge is -2.24. The van der Waals surface area contributed by atoms with Crippen molar-refractivity contribution >= 4 is 33.4 Å². The number of hydrogen-bond acceptors (Lipinski definition) is 3. The molecule has 0 spiro atoms. The molecule has 0 unspecified atom stereocenters. The summed E-state index contributed by atoms with van der Waals surface area (Å²) in [4.78, 5) is 27.7. The lowest BCUT2D eigenvalue weighted by Crippen LogP contribution is -2.24. The standard InChI is InChI=1S/C15H19BrN2O2/c1-9(19)8-15(2,3)13-11(16)6-7-12(17-13)18-14(20)10-4-5-10/h6-7,10H,4-5,8H2,1-3H3,(H,17,18,20). The van der Waals surface area contributed by atoms with Crippen molar-refractivity contribution in [1.82, 2.24) is 4.98 Å². The van der Waals surface area contributed by atoms with E-state index in [1.165, 1.54) is 0 Å². The molecule has 1 aliphatic carbocycles. The molecule has 0 atom stereocenters. The van der Waals surface area contributed by atoms with Gasteiger partial charge in [0.2, 0.25) is 5.91 Å². The smallest absolute Gasteiger partial charge is 0.228 e. The number of halogens is 1. The predicted molar refractivity (Wildman–Crippen MR) is 81.6 cm³/mol. The molecule has 0 aliphatic heterocycles. The van der Waals surface area contributed by atoms with E-state index in [0.717, 1.165) is 23.0 Å². The fourth-order valence-electron chi connectivity index (χ4n) is 2.27. The van der Waals surface area contributed by atoms with Crippen LogP contribution < -0.4 is 5.32 Å². The number of nitrogens with one attached hydrogen (secondary N) is 1. The number of hydrogen-bond donors (Lipinski definition) is 1. The highest BCUT2D eigenvalue weighted by molar-refractivity contribution is 9.10. The van der Waals surface area contributed by atoms with E-state index in [9.17, 15) is 9.59 Å². The lowest BCUT2D eigenvalue weighted by atomic mass is 9.84. The van der Waals surface area contributed by atoms with Gasteiger partial charge >= 0.3 is 0 Å². The van der Waals surface area contributed by atoms with Gasteiger partial charge in [-0.05, 0) is 47.8 Å². The first kappa shape index (κ1) is 15.2. The first-order chi connectivity index (χ1) is 9.29. The van der Waals surface area contributed by atoms with Gasteiger partial charge in [-0.2, -0.15) is 0 Å². The zero-order valence-electron chi connectivity index (χ0n) is 12.0. The van der Waals surface area contributed by atoms with Gasteiger partial charge in [0.15, 0.2) is 0 Å². The summed E-state index contributed by atoms with van der Waals surface area (Å²) in [5.41, 5.74) is 0.423. The summed E-state index contributed by atoms with van der Waals surface area (Å²) in [5, 5.41) is 2.84. The van der Waals surface area contributed by atoms with Crippen LogP contribution in [-0.2, 0) is 15.0 Å². The Hall–Kier alpha value is -1.23. The number of pyridine rings is 1. The molecule has 1 N–H and O–H groups in total. The van der Waals surface area contributed by atoms with E-state index < -0.39 is 0 Å². The summed E-state index contributed by atoms with van der Waals surface area (Å²) in [6, 6.07) is 3.64. The zero-order chi connectivity index (χ0) is 14.9. The number of Topliss-reactive ketones (excluding diaryl/α,β-unsaturated/α-hetero) is 1. The van der Waals surface area contributed by atoms with E-state index >= 15 is 0 Å². The maximum absolute atomic E-state index is 11.8. The summed E-state index contributed by atoms with van der Waals surface area (Å²) in [7, 11) is 0. The van der Waals surface area contributed by atoms with Crippen LogP contribution in [0.4, 0.5) is 5.82 Å². The Balaban J connectivity index is 2.23. The molecule has 20 heavy (non-hydrogen) atoms. The van der Waals surface area contributed by atoms with E-state index in [4.69, 9.17) is 0 Å². The second kappa shape index (κ2) is 5.64. The average molecular weight is 339 g/mol. The molecule has 0 aromatic carbocycles. The van der Waals surface area contributed by atoms with E-state index in [-0.39, 0.29) is 23.0 Å². The van der Waals surface area contributed by atoms with Crippen LogP contribution in [0.3, 0.4) is 0 Å². The number of rotatable bonds is 5. The minimum Gasteiger partial charge on any atom is -0.310 e. The van der Waals surface area contributed by atoms with Gasteiger partial charge < -0.3 is 5.32 Å². The topological polar surface area (TPSA) is 59.1 Å². The molecule has 0 radical (unpaired) electrons. The molecule has 2 rings (SSSR count). The molecule has 4 nitrogen and oxygen atoms in total. The van der Waals surface area contributed by atoms with E-state index in [1.54, 1.807) is 13.0 Å². The Bertz CT molecular complexity index is 551. The van der Waals surface area contributed by atoms with Gasteiger partial charge in [0, 0.05) is 22.2 Å². The zero-order valence-corrected chi connectivity index (χ0v) is 13.6. The van der Waals surface area contributed by atoms with Crippen molar-refractivity contribution in [3.05, 3.63) is 22.3 Å². The average Bonchev–Trinajstić information content (AvgIpc) is 3.13. The van der Waals surface area contributed by atoms with Crippen molar-refractivity contribution in [2.45, 2.75) is 45.4 Å². The first-order valence-electron chi connectivity index (χ1n) is 6.77. The van der Waals surface area contributed by atoms with E-state index in [0.29, 0.717) is 12.2 Å². The number of ketones is 1. The molecule has 1 saturated carbocycles. The van der Waals surface area contributed by atoms with Gasteiger partial charge in [0.25, 0.3) is 0 Å². The number of aromatic nitrogens is 1. The normalized spacial score (nSPS) is 15.0. The molecule has 0 bridgehead atoms. The Morgan fingerprint density at radius 3 is 2.60 bits per heavy atom. The third-order valence-corrected chi connectivity index (χ3v) is 4.02. The second-order valence-corrected chi connectivity index (χ2v) is 6.91. The van der Waals surface area contributed by atoms with Crippen molar-refractivity contribution in [3.8, 4) is 0 Å². The van der Waals surface area contributed by atoms with Crippen molar-refractivity contribution in [1.29, 1.82) is 0 Å². The highest BCUT2D eigenvalue weighted by Crippen LogP contribution is 2.33. The van der Waals surface area contributed by atoms with Gasteiger partial charge in [0.05, 0.1) is 5.69 Å². The fourth-order valence-corrected chi connectivity index (χ4v) is 3.02. The van der Waals surface area contributed by atoms with E-state index in [1.807, 2.05) is 19.9 Å². The van der Waals surface area contributed by atoms with Crippen LogP contribution >= 0.6 is 15.9 Å². The number of carbonyl (C=O) groups excluding carboxylic acids is 2. The van der Waals surface area contributed by atoms with Gasteiger partial charge in [-0.1, -0.05) is 13.8 Å². The molecule has 1 amide bonds. The molecule has 1 fully saturated rings. The summed E-state index contributed by atoms with van der Waals surface area (Å²) in [5.74, 6) is 0.858. The van der Waals surface area contributed by atoms with Crippen LogP contribution in [0.15, 0.2) is 16.6 Å². The third-order valence-electron chi connectivity index (χ3n) is 3.38. The highest BCUT2D eigenvalue weighted by Gasteiger charge is 2.31. The maximum atomic E-state index is 11.8. The fraction of sp³-hybridized carbons (Fsp3) is 0.533. The minimum absolute atomic E-state index is 0.0372. The Morgan fingerprint density at radius 2 is 2.05 bits per heavy atom. The number of amides is 1. The Labute approximate surface area is 127 Å². The van der Waals surface area contributed by atoms with Crippen LogP contribution in [0.2, 0.25) is 0 Å². The molecule has 1 aromatic rings. The number of carbonyl (C=O) groups is 2. The monoisotopic (exact) mass is 338 g/mol. The highest BCUT2D eigenvalue weighted by atomic mass is 79.9. The summed E-state index contributed by atoms with van der Waals surface area (Å²) in [6.07, 6.45) is 2.34. The summed E-state index contributed by atoms with van der Waals surface area (Å²) < 4.78 is 0.855. The molecule has 5 heteroatoms. The van der Waals surface area contributed by atoms with Crippen molar-refractivity contribution < 1.29 is 9.59 Å². The van der Waals surface area contributed by atoms with Gasteiger partial charge in [-0.15, -0.1) is 0 Å². The maximum Gasteiger partial charge on any atom is 0.228 e. The molecule has 108 valence electrons. The molecule has 1 aromatic heterocycles. The molecule has 0 saturated heterocycles. The first-order valence-corrected chi connectivity index (χ1v) is 7.56. The Morgan fingerprint density at radius 1 is 1.40 bits per heavy atom. The van der Waals surface area contributed by atoms with Crippen LogP contribution in [0, 0.1) is 5.92 Å². The van der Waals surface area contributed by atoms with Crippen molar-refractivity contribution in [3.63, 3.8) is 0 Å². The van der Waals surface area contributed by atoms with Crippen molar-refractivity contribution in [2.24, 2.45) is 5.92 Å². The molecule has 1 heterocycles.